The van der Waals surface area contributed by atoms with E-state index in [9.17, 15) is 0 Å². The van der Waals surface area contributed by atoms with Gasteiger partial charge in [0.1, 0.15) is 0 Å². The van der Waals surface area contributed by atoms with Gasteiger partial charge in [-0.15, -0.1) is 0 Å². The Bertz CT molecular complexity index is 560. The smallest absolute Gasteiger partial charge is 0.231 e. The second-order valence-electron chi connectivity index (χ2n) is 7.20. The molecule has 1 aliphatic heterocycles. The normalized spacial score (nSPS) is 34.1. The molecule has 2 aliphatic carbocycles. The fourth-order valence-corrected chi connectivity index (χ4v) is 4.83. The Morgan fingerprint density at radius 3 is 2.91 bits per heavy atom. The molecule has 1 saturated heterocycles. The summed E-state index contributed by atoms with van der Waals surface area (Å²) in [5.41, 5.74) is 0. The van der Waals surface area contributed by atoms with Gasteiger partial charge in [0.25, 0.3) is 0 Å². The second kappa shape index (κ2) is 5.80. The van der Waals surface area contributed by atoms with Crippen molar-refractivity contribution >= 4 is 17.3 Å². The molecule has 0 unspecified atom stereocenters. The minimum Gasteiger partial charge on any atom is -0.360 e. The first kappa shape index (κ1) is 14.4. The van der Waals surface area contributed by atoms with Gasteiger partial charge in [0.15, 0.2) is 10.9 Å². The summed E-state index contributed by atoms with van der Waals surface area (Å²) < 4.78 is 5.35. The van der Waals surface area contributed by atoms with Gasteiger partial charge in [-0.05, 0) is 63.1 Å². The van der Waals surface area contributed by atoms with Gasteiger partial charge in [-0.1, -0.05) is 11.6 Å². The number of thiocarbonyl (C=S) groups is 1. The van der Waals surface area contributed by atoms with Gasteiger partial charge in [0.2, 0.25) is 5.89 Å². The Kier molecular flexibility index (Phi) is 3.80. The molecule has 2 saturated carbocycles. The topological polar surface area (TPSA) is 54.2 Å². The molecule has 4 rings (SSSR count). The molecular formula is C16H24N4OS. The molecule has 0 spiro atoms. The minimum atomic E-state index is 0.315. The third-order valence-corrected chi connectivity index (χ3v) is 6.02. The Morgan fingerprint density at radius 1 is 1.32 bits per heavy atom. The summed E-state index contributed by atoms with van der Waals surface area (Å²) in [5.74, 6) is 3.59. The van der Waals surface area contributed by atoms with Crippen molar-refractivity contribution in [2.75, 3.05) is 13.1 Å². The van der Waals surface area contributed by atoms with Crippen LogP contribution in [0.25, 0.3) is 0 Å². The highest BCUT2D eigenvalue weighted by Gasteiger charge is 2.40. The van der Waals surface area contributed by atoms with Crippen LogP contribution in [-0.4, -0.2) is 39.3 Å². The number of nitrogens with zero attached hydrogens (tertiary/aromatic N) is 3. The standard InChI is InChI=1S/C16H24N4OS/c1-10-17-15(21-19-10)13-3-2-6-20(9-13)16(22)18-14-8-11-4-5-12(14)7-11/h11-14H,2-9H2,1H3,(H,18,22)/t11-,12-,13+,14-/m0/s1. The van der Waals surface area contributed by atoms with Crippen molar-refractivity contribution in [2.45, 2.75) is 57.4 Å². The van der Waals surface area contributed by atoms with Crippen LogP contribution in [0.4, 0.5) is 0 Å². The van der Waals surface area contributed by atoms with E-state index in [4.69, 9.17) is 16.7 Å². The molecule has 2 heterocycles. The first-order valence-electron chi connectivity index (χ1n) is 8.54. The fourth-order valence-electron chi connectivity index (χ4n) is 4.51. The van der Waals surface area contributed by atoms with E-state index < -0.39 is 0 Å². The number of rotatable bonds is 2. The molecule has 2 bridgehead atoms. The Hall–Kier alpha value is -1.17. The summed E-state index contributed by atoms with van der Waals surface area (Å²) in [7, 11) is 0. The quantitative estimate of drug-likeness (QED) is 0.846. The predicted octanol–water partition coefficient (Wildman–Crippen LogP) is 2.62. The first-order valence-corrected chi connectivity index (χ1v) is 8.95. The lowest BCUT2D eigenvalue weighted by Gasteiger charge is -2.35. The maximum atomic E-state index is 5.68. The summed E-state index contributed by atoms with van der Waals surface area (Å²) in [6.45, 7) is 3.81. The lowest BCUT2D eigenvalue weighted by atomic mass is 9.95. The van der Waals surface area contributed by atoms with Crippen molar-refractivity contribution in [1.82, 2.24) is 20.4 Å². The molecule has 1 N–H and O–H groups in total. The number of likely N-dealkylation sites (tertiary alicyclic amines) is 1. The average molecular weight is 320 g/mol. The number of aryl methyl sites for hydroxylation is 1. The van der Waals surface area contributed by atoms with Crippen molar-refractivity contribution in [2.24, 2.45) is 11.8 Å². The summed E-state index contributed by atoms with van der Waals surface area (Å²) >= 11 is 5.68. The van der Waals surface area contributed by atoms with Crippen LogP contribution in [0.5, 0.6) is 0 Å². The van der Waals surface area contributed by atoms with E-state index >= 15 is 0 Å². The number of nitrogens with one attached hydrogen (secondary N) is 1. The zero-order valence-electron chi connectivity index (χ0n) is 13.1. The van der Waals surface area contributed by atoms with Gasteiger partial charge in [-0.25, -0.2) is 0 Å². The lowest BCUT2D eigenvalue weighted by Crippen LogP contribution is -2.49. The maximum Gasteiger partial charge on any atom is 0.231 e. The van der Waals surface area contributed by atoms with E-state index in [1.165, 1.54) is 25.7 Å². The molecule has 0 radical (unpaired) electrons. The van der Waals surface area contributed by atoms with Gasteiger partial charge in [0.05, 0.1) is 5.92 Å². The predicted molar refractivity (Wildman–Crippen MR) is 87.6 cm³/mol. The van der Waals surface area contributed by atoms with E-state index in [0.717, 1.165) is 54.6 Å². The Labute approximate surface area is 136 Å². The summed E-state index contributed by atoms with van der Waals surface area (Å²) in [4.78, 5) is 6.70. The number of aromatic nitrogens is 2. The van der Waals surface area contributed by atoms with E-state index in [1.54, 1.807) is 0 Å². The molecule has 3 fully saturated rings. The highest BCUT2D eigenvalue weighted by Crippen LogP contribution is 2.44. The van der Waals surface area contributed by atoms with Gasteiger partial charge in [0, 0.05) is 19.1 Å². The van der Waals surface area contributed by atoms with Crippen LogP contribution >= 0.6 is 12.2 Å². The van der Waals surface area contributed by atoms with E-state index in [2.05, 4.69) is 20.4 Å². The van der Waals surface area contributed by atoms with Crippen molar-refractivity contribution in [1.29, 1.82) is 0 Å². The molecule has 1 aromatic rings. The molecule has 120 valence electrons. The molecule has 1 aromatic heterocycles. The van der Waals surface area contributed by atoms with Crippen molar-refractivity contribution < 1.29 is 4.52 Å². The number of fused-ring (bicyclic) bond motifs is 2. The van der Waals surface area contributed by atoms with Gasteiger partial charge >= 0.3 is 0 Å². The van der Waals surface area contributed by atoms with Crippen LogP contribution < -0.4 is 5.32 Å². The third-order valence-electron chi connectivity index (χ3n) is 5.65. The average Bonchev–Trinajstić information content (AvgIpc) is 3.24. The summed E-state index contributed by atoms with van der Waals surface area (Å²) in [6.07, 6.45) is 7.77. The van der Waals surface area contributed by atoms with E-state index in [-0.39, 0.29) is 0 Å². The van der Waals surface area contributed by atoms with E-state index in [1.807, 2.05) is 6.92 Å². The Balaban J connectivity index is 1.36. The molecule has 0 amide bonds. The minimum absolute atomic E-state index is 0.315. The lowest BCUT2D eigenvalue weighted by molar-refractivity contribution is 0.253. The van der Waals surface area contributed by atoms with Crippen molar-refractivity contribution in [3.63, 3.8) is 0 Å². The van der Waals surface area contributed by atoms with Gasteiger partial charge in [-0.2, -0.15) is 4.98 Å². The summed E-state index contributed by atoms with van der Waals surface area (Å²) in [6, 6.07) is 0.609. The van der Waals surface area contributed by atoms with Crippen LogP contribution in [0.3, 0.4) is 0 Å². The van der Waals surface area contributed by atoms with Crippen LogP contribution in [0, 0.1) is 18.8 Å². The fraction of sp³-hybridized carbons (Fsp3) is 0.812. The summed E-state index contributed by atoms with van der Waals surface area (Å²) in [5, 5.41) is 8.49. The first-order chi connectivity index (χ1) is 10.7. The third kappa shape index (κ3) is 2.73. The van der Waals surface area contributed by atoms with E-state index in [0.29, 0.717) is 12.0 Å². The van der Waals surface area contributed by atoms with Crippen LogP contribution in [0.1, 0.15) is 56.2 Å². The highest BCUT2D eigenvalue weighted by molar-refractivity contribution is 7.80. The second-order valence-corrected chi connectivity index (χ2v) is 7.58. The Morgan fingerprint density at radius 2 is 2.23 bits per heavy atom. The molecule has 4 atom stereocenters. The van der Waals surface area contributed by atoms with Crippen molar-refractivity contribution in [3.05, 3.63) is 11.7 Å². The number of hydrogen-bond donors (Lipinski definition) is 1. The molecule has 3 aliphatic rings. The van der Waals surface area contributed by atoms with Gasteiger partial charge in [-0.3, -0.25) is 0 Å². The van der Waals surface area contributed by atoms with Crippen molar-refractivity contribution in [3.8, 4) is 0 Å². The SMILES string of the molecule is Cc1noc([C@@H]2CCCN(C(=S)N[C@H]3C[C@H]4CC[C@H]3C4)C2)n1. The molecule has 5 nitrogen and oxygen atoms in total. The molecule has 6 heteroatoms. The maximum absolute atomic E-state index is 5.68. The van der Waals surface area contributed by atoms with Crippen LogP contribution in [0.15, 0.2) is 4.52 Å². The largest absolute Gasteiger partial charge is 0.360 e. The molecular weight excluding hydrogens is 296 g/mol. The van der Waals surface area contributed by atoms with Gasteiger partial charge < -0.3 is 14.7 Å². The number of piperidine rings is 1. The zero-order valence-corrected chi connectivity index (χ0v) is 13.9. The van der Waals surface area contributed by atoms with Crippen LogP contribution in [0.2, 0.25) is 0 Å². The number of hydrogen-bond acceptors (Lipinski definition) is 4. The molecule has 0 aromatic carbocycles. The van der Waals surface area contributed by atoms with Crippen LogP contribution in [-0.2, 0) is 0 Å². The monoisotopic (exact) mass is 320 g/mol. The highest BCUT2D eigenvalue weighted by atomic mass is 32.1. The molecule has 22 heavy (non-hydrogen) atoms. The zero-order chi connectivity index (χ0) is 15.1.